The Balaban J connectivity index is 0.00000254. The summed E-state index contributed by atoms with van der Waals surface area (Å²) in [7, 11) is 0.750. The molecule has 0 aliphatic heterocycles. The van der Waals surface area contributed by atoms with Crippen LogP contribution in [0.4, 0.5) is 0 Å². The van der Waals surface area contributed by atoms with Crippen molar-refractivity contribution in [3.8, 4) is 0 Å². The van der Waals surface area contributed by atoms with Gasteiger partial charge in [0.15, 0.2) is 12.4 Å². The molecule has 140 valence electrons. The summed E-state index contributed by atoms with van der Waals surface area (Å²) in [4.78, 5) is 0. The van der Waals surface area contributed by atoms with E-state index < -0.39 is 0 Å². The third-order valence-electron chi connectivity index (χ3n) is 4.55. The summed E-state index contributed by atoms with van der Waals surface area (Å²) in [5.74, 6) is 0. The highest BCUT2D eigenvalue weighted by atomic mass is 16.2. The smallest absolute Gasteiger partial charge is 0.168 e. The molecule has 1 rings (SSSR count). The van der Waals surface area contributed by atoms with Crippen molar-refractivity contribution >= 4 is 0 Å². The number of aromatic nitrogens is 1. The van der Waals surface area contributed by atoms with Gasteiger partial charge in [-0.05, 0) is 6.42 Å². The Hall–Kier alpha value is -0.890. The predicted molar refractivity (Wildman–Crippen MR) is 103 cm³/mol. The summed E-state index contributed by atoms with van der Waals surface area (Å²) in [5, 5.41) is 8.25. The Morgan fingerprint density at radius 2 is 0.917 bits per heavy atom. The maximum absolute atomic E-state index is 8.25. The molecule has 0 amide bonds. The second kappa shape index (κ2) is 20.2. The van der Waals surface area contributed by atoms with Gasteiger partial charge in [-0.1, -0.05) is 90.0 Å². The normalized spacial score (nSPS) is 10.3. The standard InChI is InChI=1S/C21H38N.CH3O/c1-2-3-4-5-6-7-8-9-10-11-12-13-14-16-19-22-20-17-15-18-21-22;1-2/h15,17-18,20-21H,2-14,16,19H2,1H3;1H3/q+1;-1. The number of aryl methyl sites for hydroxylation is 1. The van der Waals surface area contributed by atoms with E-state index in [1.165, 1.54) is 96.4 Å². The molecule has 0 aromatic carbocycles. The van der Waals surface area contributed by atoms with Gasteiger partial charge < -0.3 is 5.11 Å². The minimum atomic E-state index is 0.750. The van der Waals surface area contributed by atoms with Crippen LogP contribution in [0.1, 0.15) is 96.8 Å². The van der Waals surface area contributed by atoms with E-state index in [1.54, 1.807) is 0 Å². The summed E-state index contributed by atoms with van der Waals surface area (Å²) in [6, 6.07) is 6.31. The molecule has 2 nitrogen and oxygen atoms in total. The average molecular weight is 336 g/mol. The molecule has 0 radical (unpaired) electrons. The Kier molecular flexibility index (Phi) is 19.4. The maximum atomic E-state index is 8.25. The van der Waals surface area contributed by atoms with Crippen molar-refractivity contribution in [2.45, 2.75) is 103 Å². The summed E-state index contributed by atoms with van der Waals surface area (Å²) in [6.45, 7) is 3.47. The molecule has 0 saturated heterocycles. The molecule has 0 aliphatic rings. The van der Waals surface area contributed by atoms with Crippen LogP contribution in [0, 0.1) is 0 Å². The van der Waals surface area contributed by atoms with Crippen molar-refractivity contribution in [2.75, 3.05) is 7.11 Å². The highest BCUT2D eigenvalue weighted by Gasteiger charge is 1.98. The minimum absolute atomic E-state index is 0.750. The first-order valence-electron chi connectivity index (χ1n) is 10.3. The zero-order valence-corrected chi connectivity index (χ0v) is 16.3. The summed E-state index contributed by atoms with van der Waals surface area (Å²) in [6.07, 6.45) is 24.4. The number of hydrogen-bond donors (Lipinski definition) is 0. The van der Waals surface area contributed by atoms with Crippen LogP contribution >= 0.6 is 0 Å². The van der Waals surface area contributed by atoms with E-state index in [-0.39, 0.29) is 0 Å². The molecule has 0 saturated carbocycles. The van der Waals surface area contributed by atoms with E-state index in [0.717, 1.165) is 7.11 Å². The average Bonchev–Trinajstić information content (AvgIpc) is 2.64. The fraction of sp³-hybridized carbons (Fsp3) is 0.773. The van der Waals surface area contributed by atoms with E-state index >= 15 is 0 Å². The van der Waals surface area contributed by atoms with Gasteiger partial charge in [0.25, 0.3) is 0 Å². The van der Waals surface area contributed by atoms with E-state index in [1.807, 2.05) is 0 Å². The molecular weight excluding hydrogens is 294 g/mol. The number of unbranched alkanes of at least 4 members (excludes halogenated alkanes) is 13. The summed E-state index contributed by atoms with van der Waals surface area (Å²) < 4.78 is 2.29. The highest BCUT2D eigenvalue weighted by molar-refractivity contribution is 4.83. The second-order valence-corrected chi connectivity index (χ2v) is 6.71. The molecule has 1 aromatic rings. The number of rotatable bonds is 15. The number of nitrogens with zero attached hydrogens (tertiary/aromatic N) is 1. The van der Waals surface area contributed by atoms with Crippen molar-refractivity contribution < 1.29 is 9.67 Å². The van der Waals surface area contributed by atoms with Gasteiger partial charge in [-0.25, -0.2) is 4.57 Å². The van der Waals surface area contributed by atoms with Crippen LogP contribution in [-0.4, -0.2) is 7.11 Å². The molecule has 0 spiro atoms. The van der Waals surface area contributed by atoms with Crippen LogP contribution in [-0.2, 0) is 6.54 Å². The van der Waals surface area contributed by atoms with Gasteiger partial charge in [-0.3, -0.25) is 0 Å². The maximum Gasteiger partial charge on any atom is 0.168 e. The molecule has 0 bridgehead atoms. The molecule has 2 heteroatoms. The monoisotopic (exact) mass is 335 g/mol. The van der Waals surface area contributed by atoms with Crippen LogP contribution < -0.4 is 9.67 Å². The summed E-state index contributed by atoms with van der Waals surface area (Å²) >= 11 is 0. The van der Waals surface area contributed by atoms with Gasteiger partial charge in [-0.15, -0.1) is 0 Å². The first-order valence-corrected chi connectivity index (χ1v) is 10.3. The second-order valence-electron chi connectivity index (χ2n) is 6.71. The molecule has 0 N–H and O–H groups in total. The fourth-order valence-corrected chi connectivity index (χ4v) is 3.07. The van der Waals surface area contributed by atoms with E-state index in [4.69, 9.17) is 5.11 Å². The van der Waals surface area contributed by atoms with Gasteiger partial charge in [0.1, 0.15) is 6.54 Å². The van der Waals surface area contributed by atoms with Crippen molar-refractivity contribution in [1.82, 2.24) is 0 Å². The Morgan fingerprint density at radius 1 is 0.542 bits per heavy atom. The Bertz CT molecular complexity index is 326. The van der Waals surface area contributed by atoms with Crippen LogP contribution in [0.3, 0.4) is 0 Å². The lowest BCUT2D eigenvalue weighted by molar-refractivity contribution is -0.697. The topological polar surface area (TPSA) is 26.9 Å². The molecule has 0 unspecified atom stereocenters. The van der Waals surface area contributed by atoms with Gasteiger partial charge >= 0.3 is 0 Å². The number of pyridine rings is 1. The first-order chi connectivity index (χ1) is 11.9. The lowest BCUT2D eigenvalue weighted by atomic mass is 10.0. The molecule has 0 aliphatic carbocycles. The van der Waals surface area contributed by atoms with Crippen LogP contribution in [0.25, 0.3) is 0 Å². The fourth-order valence-electron chi connectivity index (χ4n) is 3.07. The zero-order valence-electron chi connectivity index (χ0n) is 16.3. The predicted octanol–water partition coefficient (Wildman–Crippen LogP) is 5.43. The van der Waals surface area contributed by atoms with Crippen LogP contribution in [0.15, 0.2) is 30.6 Å². The molecule has 0 atom stereocenters. The quantitative estimate of drug-likeness (QED) is 0.310. The first kappa shape index (κ1) is 23.1. The van der Waals surface area contributed by atoms with Gasteiger partial charge in [0, 0.05) is 18.6 Å². The lowest BCUT2D eigenvalue weighted by Gasteiger charge is -2.02. The molecule has 24 heavy (non-hydrogen) atoms. The van der Waals surface area contributed by atoms with Crippen molar-refractivity contribution in [2.24, 2.45) is 0 Å². The highest BCUT2D eigenvalue weighted by Crippen LogP contribution is 2.12. The third-order valence-corrected chi connectivity index (χ3v) is 4.55. The van der Waals surface area contributed by atoms with Crippen LogP contribution in [0.5, 0.6) is 0 Å². The number of hydrogen-bond acceptors (Lipinski definition) is 1. The molecule has 1 aromatic heterocycles. The van der Waals surface area contributed by atoms with Crippen LogP contribution in [0.2, 0.25) is 0 Å². The largest absolute Gasteiger partial charge is 0.857 e. The lowest BCUT2D eigenvalue weighted by Crippen LogP contribution is -2.32. The van der Waals surface area contributed by atoms with Crippen molar-refractivity contribution in [3.05, 3.63) is 30.6 Å². The zero-order chi connectivity index (χ0) is 17.7. The Labute approximate surface area is 151 Å². The molecule has 1 heterocycles. The van der Waals surface area contributed by atoms with E-state index in [2.05, 4.69) is 42.1 Å². The van der Waals surface area contributed by atoms with Gasteiger partial charge in [0.2, 0.25) is 0 Å². The van der Waals surface area contributed by atoms with Gasteiger partial charge in [-0.2, -0.15) is 7.11 Å². The van der Waals surface area contributed by atoms with Crippen molar-refractivity contribution in [3.63, 3.8) is 0 Å². The van der Waals surface area contributed by atoms with Gasteiger partial charge in [0.05, 0.1) is 0 Å². The van der Waals surface area contributed by atoms with E-state index in [0.29, 0.717) is 0 Å². The molecular formula is C22H41NO. The molecule has 0 fully saturated rings. The van der Waals surface area contributed by atoms with Crippen molar-refractivity contribution in [1.29, 1.82) is 0 Å². The van der Waals surface area contributed by atoms with E-state index in [9.17, 15) is 0 Å². The SMILES string of the molecule is CCCCCCCCCCCCCCCC[n+]1ccccc1.C[O-]. The summed E-state index contributed by atoms with van der Waals surface area (Å²) in [5.41, 5.74) is 0. The third kappa shape index (κ3) is 16.0. The Morgan fingerprint density at radius 3 is 1.33 bits per heavy atom. The minimum Gasteiger partial charge on any atom is -0.857 e.